The maximum absolute atomic E-state index is 12.3. The Bertz CT molecular complexity index is 1030. The molecule has 122 valence electrons. The Morgan fingerprint density at radius 3 is 2.76 bits per heavy atom. The number of hydrogen-bond acceptors (Lipinski definition) is 5. The summed E-state index contributed by atoms with van der Waals surface area (Å²) in [6, 6.07) is 14.9. The van der Waals surface area contributed by atoms with Gasteiger partial charge in [0.2, 0.25) is 0 Å². The molecule has 25 heavy (non-hydrogen) atoms. The van der Waals surface area contributed by atoms with Gasteiger partial charge in [0.1, 0.15) is 11.4 Å². The van der Waals surface area contributed by atoms with Crippen LogP contribution in [-0.4, -0.2) is 30.9 Å². The fraction of sp³-hybridized carbons (Fsp3) is 0.0556. The van der Waals surface area contributed by atoms with Gasteiger partial charge in [0.15, 0.2) is 0 Å². The molecule has 3 aromatic heterocycles. The molecule has 0 saturated heterocycles. The van der Waals surface area contributed by atoms with Crippen LogP contribution in [0.1, 0.15) is 16.2 Å². The van der Waals surface area contributed by atoms with Crippen molar-refractivity contribution in [1.82, 2.24) is 30.3 Å². The van der Waals surface area contributed by atoms with Crippen molar-refractivity contribution in [2.75, 3.05) is 0 Å². The molecule has 0 aliphatic carbocycles. The van der Waals surface area contributed by atoms with Gasteiger partial charge < -0.3 is 5.32 Å². The molecule has 0 radical (unpaired) electrons. The first kappa shape index (κ1) is 14.9. The van der Waals surface area contributed by atoms with Crippen LogP contribution in [0.4, 0.5) is 0 Å². The van der Waals surface area contributed by atoms with E-state index in [4.69, 9.17) is 0 Å². The van der Waals surface area contributed by atoms with Gasteiger partial charge >= 0.3 is 0 Å². The summed E-state index contributed by atoms with van der Waals surface area (Å²) in [5.41, 5.74) is 2.68. The normalized spacial score (nSPS) is 10.7. The van der Waals surface area contributed by atoms with Gasteiger partial charge in [-0.15, -0.1) is 5.10 Å². The van der Waals surface area contributed by atoms with Crippen LogP contribution < -0.4 is 5.32 Å². The molecule has 0 spiro atoms. The number of carbonyl (C=O) groups is 1. The lowest BCUT2D eigenvalue weighted by Crippen LogP contribution is -2.24. The Hall–Kier alpha value is -3.61. The van der Waals surface area contributed by atoms with E-state index in [2.05, 4.69) is 25.6 Å². The zero-order valence-electron chi connectivity index (χ0n) is 13.2. The zero-order valence-corrected chi connectivity index (χ0v) is 13.2. The molecule has 0 atom stereocenters. The van der Waals surface area contributed by atoms with Gasteiger partial charge in [0.25, 0.3) is 5.91 Å². The van der Waals surface area contributed by atoms with Crippen molar-refractivity contribution < 1.29 is 4.79 Å². The lowest BCUT2D eigenvalue weighted by molar-refractivity contribution is 0.0946. The maximum atomic E-state index is 12.3. The number of nitrogens with one attached hydrogen (secondary N) is 1. The molecule has 7 heteroatoms. The fourth-order valence-corrected chi connectivity index (χ4v) is 2.46. The molecule has 4 aromatic rings. The summed E-state index contributed by atoms with van der Waals surface area (Å²) in [4.78, 5) is 20.6. The summed E-state index contributed by atoms with van der Waals surface area (Å²) >= 11 is 0. The summed E-state index contributed by atoms with van der Waals surface area (Å²) in [6.07, 6.45) is 5.14. The number of carbonyl (C=O) groups excluding carboxylic acids is 1. The minimum Gasteiger partial charge on any atom is -0.345 e. The van der Waals surface area contributed by atoms with E-state index in [1.165, 1.54) is 0 Å². The molecule has 0 bridgehead atoms. The summed E-state index contributed by atoms with van der Waals surface area (Å²) in [5, 5.41) is 11.9. The Morgan fingerprint density at radius 2 is 1.88 bits per heavy atom. The van der Waals surface area contributed by atoms with E-state index < -0.39 is 0 Å². The van der Waals surface area contributed by atoms with Crippen molar-refractivity contribution >= 4 is 16.8 Å². The third-order valence-electron chi connectivity index (χ3n) is 3.73. The van der Waals surface area contributed by atoms with Crippen LogP contribution >= 0.6 is 0 Å². The van der Waals surface area contributed by atoms with Gasteiger partial charge in [-0.1, -0.05) is 29.5 Å². The lowest BCUT2D eigenvalue weighted by atomic mass is 10.2. The molecule has 1 N–H and O–H groups in total. The highest BCUT2D eigenvalue weighted by Crippen LogP contribution is 2.12. The third-order valence-corrected chi connectivity index (χ3v) is 3.73. The van der Waals surface area contributed by atoms with Crippen molar-refractivity contribution in [3.05, 3.63) is 78.5 Å². The van der Waals surface area contributed by atoms with Crippen molar-refractivity contribution in [3.63, 3.8) is 0 Å². The molecule has 0 aliphatic rings. The predicted octanol–water partition coefficient (Wildman–Crippen LogP) is 2.14. The number of hydrogen-bond donors (Lipinski definition) is 1. The first-order valence-electron chi connectivity index (χ1n) is 7.75. The fourth-order valence-electron chi connectivity index (χ4n) is 2.46. The summed E-state index contributed by atoms with van der Waals surface area (Å²) in [5.74, 6) is -0.246. The molecular formula is C18H14N6O. The highest BCUT2D eigenvalue weighted by molar-refractivity contribution is 5.94. The minimum atomic E-state index is -0.246. The number of para-hydroxylation sites is 1. The number of nitrogens with zero attached hydrogens (tertiary/aromatic N) is 5. The molecule has 0 unspecified atom stereocenters. The van der Waals surface area contributed by atoms with E-state index >= 15 is 0 Å². The lowest BCUT2D eigenvalue weighted by Gasteiger charge is -2.04. The minimum absolute atomic E-state index is 0.246. The molecule has 1 amide bonds. The molecule has 3 heterocycles. The van der Waals surface area contributed by atoms with Gasteiger partial charge in [-0.25, -0.2) is 9.67 Å². The highest BCUT2D eigenvalue weighted by Gasteiger charge is 2.09. The van der Waals surface area contributed by atoms with E-state index in [0.29, 0.717) is 11.4 Å². The second-order valence-electron chi connectivity index (χ2n) is 5.43. The van der Waals surface area contributed by atoms with E-state index in [9.17, 15) is 4.79 Å². The number of amides is 1. The smallest absolute Gasteiger partial charge is 0.270 e. The van der Waals surface area contributed by atoms with Crippen LogP contribution in [0.25, 0.3) is 16.6 Å². The average Bonchev–Trinajstić information content (AvgIpc) is 3.15. The summed E-state index contributed by atoms with van der Waals surface area (Å²) in [7, 11) is 0. The maximum Gasteiger partial charge on any atom is 0.270 e. The van der Waals surface area contributed by atoms with Crippen LogP contribution in [0.15, 0.2) is 67.1 Å². The molecule has 0 saturated carbocycles. The predicted molar refractivity (Wildman–Crippen MR) is 92.1 cm³/mol. The van der Waals surface area contributed by atoms with E-state index in [1.54, 1.807) is 29.3 Å². The van der Waals surface area contributed by atoms with Crippen LogP contribution in [0.2, 0.25) is 0 Å². The highest BCUT2D eigenvalue weighted by atomic mass is 16.1. The number of pyridine rings is 2. The number of fused-ring (bicyclic) bond motifs is 1. The molecule has 4 rings (SSSR count). The van der Waals surface area contributed by atoms with Gasteiger partial charge in [0.05, 0.1) is 23.9 Å². The van der Waals surface area contributed by atoms with Crippen LogP contribution in [0, 0.1) is 0 Å². The molecule has 1 aromatic carbocycles. The molecular weight excluding hydrogens is 316 g/mol. The third kappa shape index (κ3) is 3.20. The van der Waals surface area contributed by atoms with Crippen LogP contribution in [0.5, 0.6) is 0 Å². The standard InChI is InChI=1S/C18H14N6O/c25-18(17-6-5-13-3-1-2-4-16(13)21-17)20-11-14-12-24(23-22-14)15-7-9-19-10-8-15/h1-10,12H,11H2,(H,20,25). The van der Waals surface area contributed by atoms with Gasteiger partial charge in [-0.2, -0.15) is 0 Å². The van der Waals surface area contributed by atoms with Gasteiger partial charge in [-0.05, 0) is 24.3 Å². The molecule has 0 fully saturated rings. The van der Waals surface area contributed by atoms with Crippen molar-refractivity contribution in [1.29, 1.82) is 0 Å². The largest absolute Gasteiger partial charge is 0.345 e. The Morgan fingerprint density at radius 1 is 1.04 bits per heavy atom. The first-order chi connectivity index (χ1) is 12.3. The Labute approximate surface area is 143 Å². The topological polar surface area (TPSA) is 85.6 Å². The van der Waals surface area contributed by atoms with Crippen molar-refractivity contribution in [2.24, 2.45) is 0 Å². The van der Waals surface area contributed by atoms with Crippen LogP contribution in [-0.2, 0) is 6.54 Å². The quantitative estimate of drug-likeness (QED) is 0.619. The molecule has 7 nitrogen and oxygen atoms in total. The number of rotatable bonds is 4. The number of benzene rings is 1. The Kier molecular flexibility index (Phi) is 3.88. The summed E-state index contributed by atoms with van der Waals surface area (Å²) in [6.45, 7) is 0.276. The van der Waals surface area contributed by atoms with Gasteiger partial charge in [-0.3, -0.25) is 9.78 Å². The van der Waals surface area contributed by atoms with E-state index in [1.807, 2.05) is 42.5 Å². The average molecular weight is 330 g/mol. The monoisotopic (exact) mass is 330 g/mol. The summed E-state index contributed by atoms with van der Waals surface area (Å²) < 4.78 is 1.64. The van der Waals surface area contributed by atoms with Crippen molar-refractivity contribution in [2.45, 2.75) is 6.54 Å². The Balaban J connectivity index is 1.45. The van der Waals surface area contributed by atoms with E-state index in [0.717, 1.165) is 16.6 Å². The first-order valence-corrected chi connectivity index (χ1v) is 7.75. The zero-order chi connectivity index (χ0) is 17.1. The van der Waals surface area contributed by atoms with Crippen molar-refractivity contribution in [3.8, 4) is 5.69 Å². The second kappa shape index (κ2) is 6.48. The SMILES string of the molecule is O=C(NCc1cn(-c2ccncc2)nn1)c1ccc2ccccc2n1. The van der Waals surface area contributed by atoms with Crippen LogP contribution in [0.3, 0.4) is 0 Å². The second-order valence-corrected chi connectivity index (χ2v) is 5.43. The number of aromatic nitrogens is 5. The molecule has 0 aliphatic heterocycles. The van der Waals surface area contributed by atoms with E-state index in [-0.39, 0.29) is 12.5 Å². The van der Waals surface area contributed by atoms with Gasteiger partial charge in [0, 0.05) is 17.8 Å².